The molecular formula is C8H13F3O. The summed E-state index contributed by atoms with van der Waals surface area (Å²) >= 11 is 0. The first-order valence-corrected chi connectivity index (χ1v) is 4.26. The standard InChI is InChI=1S/C8H13F3O/c9-8(10,11)7(12)6-4-2-1-3-5-6/h6-7,12H,1-5H2/t7-/m0/s1. The fourth-order valence-corrected chi connectivity index (χ4v) is 1.72. The molecule has 0 aromatic rings. The van der Waals surface area contributed by atoms with E-state index in [2.05, 4.69) is 0 Å². The van der Waals surface area contributed by atoms with Gasteiger partial charge in [0.15, 0.2) is 6.10 Å². The first kappa shape index (κ1) is 9.84. The van der Waals surface area contributed by atoms with Crippen molar-refractivity contribution in [2.75, 3.05) is 0 Å². The van der Waals surface area contributed by atoms with Crippen LogP contribution in [0.25, 0.3) is 0 Å². The van der Waals surface area contributed by atoms with Gasteiger partial charge >= 0.3 is 6.18 Å². The zero-order valence-electron chi connectivity index (χ0n) is 6.77. The molecule has 12 heavy (non-hydrogen) atoms. The summed E-state index contributed by atoms with van der Waals surface area (Å²) < 4.78 is 36.0. The summed E-state index contributed by atoms with van der Waals surface area (Å²) in [6.07, 6.45) is -2.86. The predicted octanol–water partition coefficient (Wildman–Crippen LogP) is 2.49. The number of aliphatic hydroxyl groups is 1. The Morgan fingerprint density at radius 1 is 1.08 bits per heavy atom. The third-order valence-electron chi connectivity index (χ3n) is 2.43. The number of rotatable bonds is 1. The van der Waals surface area contributed by atoms with Gasteiger partial charge in [-0.1, -0.05) is 19.3 Å². The number of hydrogen-bond donors (Lipinski definition) is 1. The van der Waals surface area contributed by atoms with Crippen LogP contribution in [-0.4, -0.2) is 17.4 Å². The van der Waals surface area contributed by atoms with E-state index in [0.29, 0.717) is 12.8 Å². The molecule has 1 saturated carbocycles. The summed E-state index contributed by atoms with van der Waals surface area (Å²) in [6, 6.07) is 0. The molecule has 0 amide bonds. The van der Waals surface area contributed by atoms with E-state index in [1.54, 1.807) is 0 Å². The molecule has 0 aromatic carbocycles. The van der Waals surface area contributed by atoms with Gasteiger partial charge in [-0.25, -0.2) is 0 Å². The van der Waals surface area contributed by atoms with E-state index in [0.717, 1.165) is 19.3 Å². The van der Waals surface area contributed by atoms with Crippen molar-refractivity contribution < 1.29 is 18.3 Å². The number of aliphatic hydroxyl groups excluding tert-OH is 1. The summed E-state index contributed by atoms with van der Waals surface area (Å²) in [5.74, 6) is -0.557. The summed E-state index contributed by atoms with van der Waals surface area (Å²) in [4.78, 5) is 0. The molecule has 0 radical (unpaired) electrons. The van der Waals surface area contributed by atoms with Crippen molar-refractivity contribution in [2.45, 2.75) is 44.4 Å². The zero-order chi connectivity index (χ0) is 9.19. The average Bonchev–Trinajstić information content (AvgIpc) is 2.03. The predicted molar refractivity (Wildman–Crippen MR) is 38.6 cm³/mol. The topological polar surface area (TPSA) is 20.2 Å². The van der Waals surface area contributed by atoms with Gasteiger partial charge in [-0.3, -0.25) is 0 Å². The van der Waals surface area contributed by atoms with E-state index in [1.165, 1.54) is 0 Å². The maximum atomic E-state index is 12.0. The molecule has 0 aromatic heterocycles. The van der Waals surface area contributed by atoms with Gasteiger partial charge in [0.2, 0.25) is 0 Å². The monoisotopic (exact) mass is 182 g/mol. The number of halogens is 3. The molecule has 0 saturated heterocycles. The largest absolute Gasteiger partial charge is 0.414 e. The number of alkyl halides is 3. The Hall–Kier alpha value is -0.250. The van der Waals surface area contributed by atoms with E-state index in [4.69, 9.17) is 5.11 Å². The highest BCUT2D eigenvalue weighted by Crippen LogP contribution is 2.34. The lowest BCUT2D eigenvalue weighted by Crippen LogP contribution is -2.36. The molecule has 0 heterocycles. The first-order valence-electron chi connectivity index (χ1n) is 4.26. The Morgan fingerprint density at radius 2 is 1.58 bits per heavy atom. The Labute approximate surface area is 69.6 Å². The molecule has 1 nitrogen and oxygen atoms in total. The molecule has 0 bridgehead atoms. The molecule has 1 N–H and O–H groups in total. The van der Waals surface area contributed by atoms with Gasteiger partial charge in [-0.15, -0.1) is 0 Å². The summed E-state index contributed by atoms with van der Waals surface area (Å²) in [5.41, 5.74) is 0. The second-order valence-electron chi connectivity index (χ2n) is 3.38. The van der Waals surface area contributed by atoms with E-state index < -0.39 is 18.2 Å². The van der Waals surface area contributed by atoms with Crippen molar-refractivity contribution in [3.8, 4) is 0 Å². The Morgan fingerprint density at radius 3 is 2.00 bits per heavy atom. The van der Waals surface area contributed by atoms with E-state index in [1.807, 2.05) is 0 Å². The molecule has 0 spiro atoms. The van der Waals surface area contributed by atoms with Crippen LogP contribution in [0.2, 0.25) is 0 Å². The SMILES string of the molecule is O[C@@H](C1CCCCC1)C(F)(F)F. The fourth-order valence-electron chi connectivity index (χ4n) is 1.72. The Kier molecular flexibility index (Phi) is 2.99. The third kappa shape index (κ3) is 2.37. The van der Waals surface area contributed by atoms with Crippen LogP contribution < -0.4 is 0 Å². The molecule has 1 fully saturated rings. The second-order valence-corrected chi connectivity index (χ2v) is 3.38. The summed E-state index contributed by atoms with van der Waals surface area (Å²) in [6.45, 7) is 0. The lowest BCUT2D eigenvalue weighted by molar-refractivity contribution is -0.222. The third-order valence-corrected chi connectivity index (χ3v) is 2.43. The maximum Gasteiger partial charge on any atom is 0.414 e. The molecule has 0 aliphatic heterocycles. The Bertz CT molecular complexity index is 138. The van der Waals surface area contributed by atoms with Crippen LogP contribution in [0.1, 0.15) is 32.1 Å². The highest BCUT2D eigenvalue weighted by atomic mass is 19.4. The van der Waals surface area contributed by atoms with Gasteiger partial charge in [0.05, 0.1) is 0 Å². The maximum absolute atomic E-state index is 12.0. The van der Waals surface area contributed by atoms with Crippen LogP contribution in [0, 0.1) is 5.92 Å². The van der Waals surface area contributed by atoms with Gasteiger partial charge in [-0.2, -0.15) is 13.2 Å². The molecule has 1 rings (SSSR count). The van der Waals surface area contributed by atoms with Crippen molar-refractivity contribution in [1.29, 1.82) is 0 Å². The zero-order valence-corrected chi connectivity index (χ0v) is 6.77. The molecule has 0 unspecified atom stereocenters. The van der Waals surface area contributed by atoms with Crippen molar-refractivity contribution in [1.82, 2.24) is 0 Å². The molecular weight excluding hydrogens is 169 g/mol. The minimum Gasteiger partial charge on any atom is -0.383 e. The normalized spacial score (nSPS) is 24.0. The second kappa shape index (κ2) is 3.64. The summed E-state index contributed by atoms with van der Waals surface area (Å²) in [7, 11) is 0. The minimum absolute atomic E-state index is 0.515. The molecule has 1 aliphatic carbocycles. The van der Waals surface area contributed by atoms with Crippen molar-refractivity contribution >= 4 is 0 Å². The van der Waals surface area contributed by atoms with Gasteiger partial charge in [0, 0.05) is 0 Å². The smallest absolute Gasteiger partial charge is 0.383 e. The van der Waals surface area contributed by atoms with Gasteiger partial charge < -0.3 is 5.11 Å². The number of hydrogen-bond acceptors (Lipinski definition) is 1. The van der Waals surface area contributed by atoms with Crippen LogP contribution in [0.3, 0.4) is 0 Å². The van der Waals surface area contributed by atoms with Crippen molar-refractivity contribution in [3.05, 3.63) is 0 Å². The van der Waals surface area contributed by atoms with Crippen molar-refractivity contribution in [3.63, 3.8) is 0 Å². The molecule has 72 valence electrons. The quantitative estimate of drug-likeness (QED) is 0.660. The van der Waals surface area contributed by atoms with Crippen LogP contribution in [0.4, 0.5) is 13.2 Å². The van der Waals surface area contributed by atoms with Crippen LogP contribution >= 0.6 is 0 Å². The van der Waals surface area contributed by atoms with Crippen LogP contribution in [-0.2, 0) is 0 Å². The molecule has 1 atom stereocenters. The average molecular weight is 182 g/mol. The first-order chi connectivity index (χ1) is 5.52. The van der Waals surface area contributed by atoms with E-state index >= 15 is 0 Å². The lowest BCUT2D eigenvalue weighted by atomic mass is 9.85. The highest BCUT2D eigenvalue weighted by molar-refractivity contribution is 4.77. The highest BCUT2D eigenvalue weighted by Gasteiger charge is 2.43. The van der Waals surface area contributed by atoms with Gasteiger partial charge in [0.25, 0.3) is 0 Å². The fraction of sp³-hybridized carbons (Fsp3) is 1.00. The lowest BCUT2D eigenvalue weighted by Gasteiger charge is -2.27. The minimum atomic E-state index is -4.43. The van der Waals surface area contributed by atoms with E-state index in [9.17, 15) is 13.2 Å². The van der Waals surface area contributed by atoms with Gasteiger partial charge in [0.1, 0.15) is 0 Å². The summed E-state index contributed by atoms with van der Waals surface area (Å²) in [5, 5.41) is 8.89. The Balaban J connectivity index is 2.45. The van der Waals surface area contributed by atoms with Gasteiger partial charge in [-0.05, 0) is 18.8 Å². The molecule has 1 aliphatic rings. The molecule has 4 heteroatoms. The van der Waals surface area contributed by atoms with Crippen LogP contribution in [0.5, 0.6) is 0 Å². The van der Waals surface area contributed by atoms with Crippen molar-refractivity contribution in [2.24, 2.45) is 5.92 Å². The van der Waals surface area contributed by atoms with Crippen LogP contribution in [0.15, 0.2) is 0 Å². The van der Waals surface area contributed by atoms with E-state index in [-0.39, 0.29) is 0 Å².